The molecule has 0 amide bonds. The highest BCUT2D eigenvalue weighted by Gasteiger charge is 2.26. The van der Waals surface area contributed by atoms with Crippen LogP contribution in [-0.2, 0) is 4.74 Å². The molecule has 1 saturated carbocycles. The Kier molecular flexibility index (Phi) is 7.85. The van der Waals surface area contributed by atoms with Crippen molar-refractivity contribution >= 4 is 0 Å². The van der Waals surface area contributed by atoms with E-state index in [1.54, 1.807) is 0 Å². The van der Waals surface area contributed by atoms with Crippen molar-refractivity contribution in [2.45, 2.75) is 77.2 Å². The van der Waals surface area contributed by atoms with Gasteiger partial charge in [-0.25, -0.2) is 8.78 Å². The lowest BCUT2D eigenvalue weighted by atomic mass is 9.78. The molecule has 2 aliphatic rings. The Morgan fingerprint density at radius 2 is 1.73 bits per heavy atom. The highest BCUT2D eigenvalue weighted by Crippen LogP contribution is 2.36. The average molecular weight is 314 g/mol. The van der Waals surface area contributed by atoms with E-state index in [1.165, 1.54) is 32.1 Å². The molecule has 2 rings (SSSR count). The van der Waals surface area contributed by atoms with Crippen LogP contribution in [-0.4, -0.2) is 19.4 Å². The van der Waals surface area contributed by atoms with Gasteiger partial charge in [0, 0.05) is 12.5 Å². The first-order valence-corrected chi connectivity index (χ1v) is 9.26. The van der Waals surface area contributed by atoms with Gasteiger partial charge in [-0.05, 0) is 75.7 Å². The minimum Gasteiger partial charge on any atom is -0.378 e. The summed E-state index contributed by atoms with van der Waals surface area (Å²) in [4.78, 5) is 0. The highest BCUT2D eigenvalue weighted by molar-refractivity contribution is 4.99. The lowest BCUT2D eigenvalue weighted by molar-refractivity contribution is -0.0254. The van der Waals surface area contributed by atoms with Gasteiger partial charge < -0.3 is 4.74 Å². The Morgan fingerprint density at radius 1 is 1.00 bits per heavy atom. The van der Waals surface area contributed by atoms with E-state index >= 15 is 0 Å². The van der Waals surface area contributed by atoms with Crippen molar-refractivity contribution in [1.82, 2.24) is 0 Å². The molecular formula is C19H32F2O. The third kappa shape index (κ3) is 5.64. The zero-order valence-electron chi connectivity index (χ0n) is 14.0. The zero-order chi connectivity index (χ0) is 15.8. The predicted octanol–water partition coefficient (Wildman–Crippen LogP) is 5.99. The molecule has 0 spiro atoms. The summed E-state index contributed by atoms with van der Waals surface area (Å²) in [6.45, 7) is 2.52. The van der Waals surface area contributed by atoms with Crippen LogP contribution in [0.15, 0.2) is 11.9 Å². The van der Waals surface area contributed by atoms with Crippen LogP contribution in [0.25, 0.3) is 0 Å². The van der Waals surface area contributed by atoms with Gasteiger partial charge in [-0.2, -0.15) is 0 Å². The molecule has 1 aliphatic carbocycles. The third-order valence-electron chi connectivity index (χ3n) is 5.57. The molecule has 0 aromatic rings. The van der Waals surface area contributed by atoms with Crippen LogP contribution in [0, 0.1) is 17.8 Å². The number of alkyl halides is 1. The van der Waals surface area contributed by atoms with Gasteiger partial charge in [0.25, 0.3) is 0 Å². The second-order valence-corrected chi connectivity index (χ2v) is 7.23. The number of hydrogen-bond donors (Lipinski definition) is 0. The molecule has 2 atom stereocenters. The van der Waals surface area contributed by atoms with E-state index in [4.69, 9.17) is 4.74 Å². The van der Waals surface area contributed by atoms with Gasteiger partial charge in [0.1, 0.15) is 12.5 Å². The normalized spacial score (nSPS) is 33.9. The first-order chi connectivity index (χ1) is 10.7. The maximum atomic E-state index is 13.6. The Labute approximate surface area is 134 Å². The largest absolute Gasteiger partial charge is 0.378 e. The summed E-state index contributed by atoms with van der Waals surface area (Å²) in [5, 5.41) is 0. The average Bonchev–Trinajstić information content (AvgIpc) is 2.55. The maximum Gasteiger partial charge on any atom is 0.110 e. The van der Waals surface area contributed by atoms with Gasteiger partial charge in [0.2, 0.25) is 0 Å². The van der Waals surface area contributed by atoms with Gasteiger partial charge in [0.05, 0.1) is 6.10 Å². The molecule has 1 saturated heterocycles. The van der Waals surface area contributed by atoms with E-state index in [2.05, 4.69) is 6.92 Å². The van der Waals surface area contributed by atoms with Crippen LogP contribution in [0.2, 0.25) is 0 Å². The monoisotopic (exact) mass is 314 g/mol. The summed E-state index contributed by atoms with van der Waals surface area (Å²) in [5.74, 6) is 1.25. The van der Waals surface area contributed by atoms with Crippen molar-refractivity contribution in [1.29, 1.82) is 0 Å². The molecule has 0 N–H and O–H groups in total. The molecular weight excluding hydrogens is 282 g/mol. The molecule has 0 bridgehead atoms. The van der Waals surface area contributed by atoms with Gasteiger partial charge >= 0.3 is 0 Å². The first kappa shape index (κ1) is 17.9. The Balaban J connectivity index is 1.60. The molecule has 2 unspecified atom stereocenters. The van der Waals surface area contributed by atoms with Crippen LogP contribution in [0.1, 0.15) is 71.1 Å². The molecule has 1 aliphatic heterocycles. The van der Waals surface area contributed by atoms with Crippen LogP contribution >= 0.6 is 0 Å². The molecule has 3 heteroatoms. The minimum absolute atomic E-state index is 0.0206. The van der Waals surface area contributed by atoms with E-state index < -0.39 is 6.67 Å². The number of ether oxygens (including phenoxy) is 1. The second-order valence-electron chi connectivity index (χ2n) is 7.23. The van der Waals surface area contributed by atoms with Crippen molar-refractivity contribution in [3.05, 3.63) is 11.9 Å². The summed E-state index contributed by atoms with van der Waals surface area (Å²) < 4.78 is 31.8. The Hall–Kier alpha value is -0.440. The minimum atomic E-state index is -0.677. The molecule has 2 fully saturated rings. The predicted molar refractivity (Wildman–Crippen MR) is 87.2 cm³/mol. The van der Waals surface area contributed by atoms with E-state index in [1.807, 2.05) is 0 Å². The standard InChI is InChI=1S/C19H32F2O/c1-2-3-16-7-11-18(22-14-16)10-6-15-4-8-17(9-5-15)19(21)12-13-20/h12,15-18H,2-11,13-14H2,1H3/b19-12-. The van der Waals surface area contributed by atoms with Crippen LogP contribution < -0.4 is 0 Å². The number of rotatable bonds is 7. The van der Waals surface area contributed by atoms with Crippen molar-refractivity contribution in [3.63, 3.8) is 0 Å². The van der Waals surface area contributed by atoms with Gasteiger partial charge in [0.15, 0.2) is 0 Å². The Morgan fingerprint density at radius 3 is 2.32 bits per heavy atom. The van der Waals surface area contributed by atoms with Gasteiger partial charge in [-0.1, -0.05) is 13.3 Å². The molecule has 128 valence electrons. The highest BCUT2D eigenvalue weighted by atomic mass is 19.1. The van der Waals surface area contributed by atoms with Crippen molar-refractivity contribution < 1.29 is 13.5 Å². The number of allylic oxidation sites excluding steroid dienone is 2. The van der Waals surface area contributed by atoms with E-state index in [0.717, 1.165) is 50.7 Å². The lowest BCUT2D eigenvalue weighted by Crippen LogP contribution is -2.26. The summed E-state index contributed by atoms with van der Waals surface area (Å²) in [5.41, 5.74) is 0. The molecule has 0 aromatic carbocycles. The fourth-order valence-electron chi connectivity index (χ4n) is 4.11. The topological polar surface area (TPSA) is 9.23 Å². The second kappa shape index (κ2) is 9.64. The SMILES string of the molecule is CCCC1CCC(CCC2CCC(/C(F)=C/CF)CC2)OC1. The van der Waals surface area contributed by atoms with Crippen molar-refractivity contribution in [3.8, 4) is 0 Å². The van der Waals surface area contributed by atoms with Crippen molar-refractivity contribution in [2.75, 3.05) is 13.3 Å². The van der Waals surface area contributed by atoms with E-state index in [9.17, 15) is 8.78 Å². The molecule has 0 aromatic heterocycles. The lowest BCUT2D eigenvalue weighted by Gasteiger charge is -2.32. The van der Waals surface area contributed by atoms with E-state index in [0.29, 0.717) is 12.0 Å². The summed E-state index contributed by atoms with van der Waals surface area (Å²) in [6.07, 6.45) is 13.0. The summed E-state index contributed by atoms with van der Waals surface area (Å²) in [6, 6.07) is 0. The molecule has 22 heavy (non-hydrogen) atoms. The summed E-state index contributed by atoms with van der Waals surface area (Å²) >= 11 is 0. The van der Waals surface area contributed by atoms with Crippen LogP contribution in [0.5, 0.6) is 0 Å². The van der Waals surface area contributed by atoms with Crippen LogP contribution in [0.3, 0.4) is 0 Å². The number of halogens is 2. The number of hydrogen-bond acceptors (Lipinski definition) is 1. The van der Waals surface area contributed by atoms with Gasteiger partial charge in [-0.15, -0.1) is 0 Å². The van der Waals surface area contributed by atoms with Gasteiger partial charge in [-0.3, -0.25) is 0 Å². The maximum absolute atomic E-state index is 13.6. The molecule has 1 heterocycles. The third-order valence-corrected chi connectivity index (χ3v) is 5.57. The molecule has 1 nitrogen and oxygen atoms in total. The fraction of sp³-hybridized carbons (Fsp3) is 0.895. The van der Waals surface area contributed by atoms with Crippen LogP contribution in [0.4, 0.5) is 8.78 Å². The fourth-order valence-corrected chi connectivity index (χ4v) is 4.11. The van der Waals surface area contributed by atoms with E-state index in [-0.39, 0.29) is 11.7 Å². The molecule has 0 radical (unpaired) electrons. The first-order valence-electron chi connectivity index (χ1n) is 9.26. The quantitative estimate of drug-likeness (QED) is 0.560. The van der Waals surface area contributed by atoms with Crippen molar-refractivity contribution in [2.24, 2.45) is 17.8 Å². The zero-order valence-corrected chi connectivity index (χ0v) is 14.0. The Bertz CT molecular complexity index is 326. The summed E-state index contributed by atoms with van der Waals surface area (Å²) in [7, 11) is 0. The smallest absolute Gasteiger partial charge is 0.110 e.